The Hall–Kier alpha value is -2.76. The molecule has 1 N–H and O–H groups in total. The first-order valence-corrected chi connectivity index (χ1v) is 9.30. The van der Waals surface area contributed by atoms with Crippen LogP contribution >= 0.6 is 0 Å². The van der Waals surface area contributed by atoms with E-state index in [9.17, 15) is 18.0 Å². The quantitative estimate of drug-likeness (QED) is 0.542. The lowest BCUT2D eigenvalue weighted by Crippen LogP contribution is -2.31. The summed E-state index contributed by atoms with van der Waals surface area (Å²) < 4.78 is 45.8. The third-order valence-electron chi connectivity index (χ3n) is 5.48. The number of rotatable bonds is 3. The van der Waals surface area contributed by atoms with Gasteiger partial charge in [-0.25, -0.2) is 4.79 Å². The summed E-state index contributed by atoms with van der Waals surface area (Å²) in [5.41, 5.74) is 1.78. The van der Waals surface area contributed by atoms with E-state index >= 15 is 0 Å². The molecule has 3 atom stereocenters. The third-order valence-corrected chi connectivity index (χ3v) is 5.48. The van der Waals surface area contributed by atoms with Crippen molar-refractivity contribution in [3.63, 3.8) is 0 Å². The number of esters is 1. The van der Waals surface area contributed by atoms with E-state index in [1.54, 1.807) is 37.3 Å². The Morgan fingerprint density at radius 3 is 2.71 bits per heavy atom. The molecule has 6 heteroatoms. The van der Waals surface area contributed by atoms with Crippen LogP contribution in [0.3, 0.4) is 0 Å². The Labute approximate surface area is 161 Å². The van der Waals surface area contributed by atoms with Gasteiger partial charge in [0.25, 0.3) is 0 Å². The van der Waals surface area contributed by atoms with Gasteiger partial charge in [-0.1, -0.05) is 30.4 Å². The predicted octanol–water partition coefficient (Wildman–Crippen LogP) is 5.71. The molecule has 0 spiro atoms. The summed E-state index contributed by atoms with van der Waals surface area (Å²) in [4.78, 5) is 12.1. The van der Waals surface area contributed by atoms with Crippen molar-refractivity contribution in [1.29, 1.82) is 0 Å². The second-order valence-corrected chi connectivity index (χ2v) is 7.08. The minimum Gasteiger partial charge on any atom is -0.462 e. The van der Waals surface area contributed by atoms with Gasteiger partial charge in [-0.05, 0) is 54.7 Å². The van der Waals surface area contributed by atoms with E-state index in [0.717, 1.165) is 17.3 Å². The average molecular weight is 387 g/mol. The molecular weight excluding hydrogens is 367 g/mol. The maximum atomic E-state index is 13.6. The first-order chi connectivity index (χ1) is 13.4. The van der Waals surface area contributed by atoms with Gasteiger partial charge in [-0.3, -0.25) is 0 Å². The Morgan fingerprint density at radius 2 is 1.96 bits per heavy atom. The van der Waals surface area contributed by atoms with Crippen molar-refractivity contribution in [2.45, 2.75) is 31.5 Å². The van der Waals surface area contributed by atoms with Crippen molar-refractivity contribution in [3.8, 4) is 0 Å². The molecule has 4 rings (SSSR count). The van der Waals surface area contributed by atoms with Crippen molar-refractivity contribution < 1.29 is 22.7 Å². The maximum absolute atomic E-state index is 13.6. The number of alkyl halides is 3. The van der Waals surface area contributed by atoms with Crippen molar-refractivity contribution in [1.82, 2.24) is 0 Å². The lowest BCUT2D eigenvalue weighted by atomic mass is 9.75. The number of hydrogen-bond donors (Lipinski definition) is 1. The molecule has 0 radical (unpaired) electrons. The van der Waals surface area contributed by atoms with Gasteiger partial charge in [-0.2, -0.15) is 13.2 Å². The van der Waals surface area contributed by atoms with Crippen LogP contribution in [-0.2, 0) is 10.9 Å². The molecule has 146 valence electrons. The summed E-state index contributed by atoms with van der Waals surface area (Å²) in [6, 6.07) is 10.5. The van der Waals surface area contributed by atoms with Crippen LogP contribution in [0.15, 0.2) is 54.6 Å². The lowest BCUT2D eigenvalue weighted by Gasteiger charge is -2.38. The molecule has 0 saturated carbocycles. The summed E-state index contributed by atoms with van der Waals surface area (Å²) >= 11 is 0. The first-order valence-electron chi connectivity index (χ1n) is 9.30. The number of hydrogen-bond acceptors (Lipinski definition) is 3. The van der Waals surface area contributed by atoms with Gasteiger partial charge >= 0.3 is 12.1 Å². The van der Waals surface area contributed by atoms with E-state index in [-0.39, 0.29) is 24.0 Å². The van der Waals surface area contributed by atoms with Crippen molar-refractivity contribution in [2.75, 3.05) is 11.9 Å². The van der Waals surface area contributed by atoms with Crippen LogP contribution in [0, 0.1) is 5.92 Å². The van der Waals surface area contributed by atoms with Crippen LogP contribution in [0.4, 0.5) is 18.9 Å². The van der Waals surface area contributed by atoms with Crippen LogP contribution in [0.5, 0.6) is 0 Å². The topological polar surface area (TPSA) is 38.3 Å². The Bertz CT molecular complexity index is 936. The molecule has 1 heterocycles. The highest BCUT2D eigenvalue weighted by atomic mass is 19.4. The SMILES string of the molecule is CCOC(=O)c1ccc2c(c1)[C@@H]1C=CC[C@@H]1[C@H](c1ccccc1C(F)(F)F)N2. The van der Waals surface area contributed by atoms with Crippen LogP contribution in [0.1, 0.15) is 52.4 Å². The molecule has 0 fully saturated rings. The van der Waals surface area contributed by atoms with Gasteiger partial charge in [0.2, 0.25) is 0 Å². The van der Waals surface area contributed by atoms with E-state index in [1.165, 1.54) is 6.07 Å². The van der Waals surface area contributed by atoms with Crippen LogP contribution < -0.4 is 5.32 Å². The molecule has 28 heavy (non-hydrogen) atoms. The number of allylic oxidation sites excluding steroid dienone is 2. The summed E-state index contributed by atoms with van der Waals surface area (Å²) in [6.07, 6.45) is 0.306. The molecule has 2 aromatic carbocycles. The highest BCUT2D eigenvalue weighted by molar-refractivity contribution is 5.90. The van der Waals surface area contributed by atoms with Gasteiger partial charge < -0.3 is 10.1 Å². The predicted molar refractivity (Wildman–Crippen MR) is 100 cm³/mol. The standard InChI is InChI=1S/C22H20F3NO2/c1-2-28-21(27)13-10-11-19-17(12-13)14-7-5-8-15(14)20(26-19)16-6-3-4-9-18(16)22(23,24)25/h3-7,9-12,14-15,20,26H,2,8H2,1H3/t14-,15+,20-/m1/s1. The first kappa shape index (κ1) is 18.6. The van der Waals surface area contributed by atoms with Crippen LogP contribution in [0.2, 0.25) is 0 Å². The Balaban J connectivity index is 1.76. The summed E-state index contributed by atoms with van der Waals surface area (Å²) in [5.74, 6) is -0.487. The number of carbonyl (C=O) groups excluding carboxylic acids is 1. The van der Waals surface area contributed by atoms with E-state index in [4.69, 9.17) is 4.74 Å². The minimum atomic E-state index is -4.41. The number of carbonyl (C=O) groups is 1. The monoisotopic (exact) mass is 387 g/mol. The molecule has 2 aromatic rings. The summed E-state index contributed by atoms with van der Waals surface area (Å²) in [7, 11) is 0. The molecule has 1 aliphatic carbocycles. The number of nitrogens with one attached hydrogen (secondary N) is 1. The number of halogens is 3. The third kappa shape index (κ3) is 3.17. The van der Waals surface area contributed by atoms with Gasteiger partial charge in [0.1, 0.15) is 0 Å². The normalized spacial score (nSPS) is 22.9. The van der Waals surface area contributed by atoms with E-state index in [1.807, 2.05) is 12.2 Å². The second kappa shape index (κ2) is 7.00. The summed E-state index contributed by atoms with van der Waals surface area (Å²) in [5, 5.41) is 3.30. The fourth-order valence-electron chi connectivity index (χ4n) is 4.27. The highest BCUT2D eigenvalue weighted by Crippen LogP contribution is 2.51. The fraction of sp³-hybridized carbons (Fsp3) is 0.318. The molecule has 3 nitrogen and oxygen atoms in total. The zero-order chi connectivity index (χ0) is 19.9. The molecule has 0 unspecified atom stereocenters. The second-order valence-electron chi connectivity index (χ2n) is 7.08. The number of benzene rings is 2. The smallest absolute Gasteiger partial charge is 0.416 e. The Kier molecular flexibility index (Phi) is 4.65. The van der Waals surface area contributed by atoms with E-state index in [0.29, 0.717) is 12.0 Å². The number of anilines is 1. The maximum Gasteiger partial charge on any atom is 0.416 e. The van der Waals surface area contributed by atoms with Crippen molar-refractivity contribution in [3.05, 3.63) is 76.9 Å². The lowest BCUT2D eigenvalue weighted by molar-refractivity contribution is -0.138. The fourth-order valence-corrected chi connectivity index (χ4v) is 4.27. The Morgan fingerprint density at radius 1 is 1.18 bits per heavy atom. The van der Waals surface area contributed by atoms with Gasteiger partial charge in [0.15, 0.2) is 0 Å². The molecule has 0 aromatic heterocycles. The molecule has 0 amide bonds. The molecule has 1 aliphatic heterocycles. The largest absolute Gasteiger partial charge is 0.462 e. The van der Waals surface area contributed by atoms with Crippen LogP contribution in [0.25, 0.3) is 0 Å². The van der Waals surface area contributed by atoms with Crippen molar-refractivity contribution >= 4 is 11.7 Å². The number of fused-ring (bicyclic) bond motifs is 3. The van der Waals surface area contributed by atoms with Gasteiger partial charge in [-0.15, -0.1) is 0 Å². The molecule has 0 bridgehead atoms. The number of ether oxygens (including phenoxy) is 1. The van der Waals surface area contributed by atoms with Gasteiger partial charge in [0, 0.05) is 11.6 Å². The van der Waals surface area contributed by atoms with E-state index in [2.05, 4.69) is 5.32 Å². The van der Waals surface area contributed by atoms with E-state index < -0.39 is 23.8 Å². The van der Waals surface area contributed by atoms with Crippen LogP contribution in [-0.4, -0.2) is 12.6 Å². The molecule has 2 aliphatic rings. The zero-order valence-electron chi connectivity index (χ0n) is 15.3. The van der Waals surface area contributed by atoms with Crippen molar-refractivity contribution in [2.24, 2.45) is 5.92 Å². The molecular formula is C22H20F3NO2. The van der Waals surface area contributed by atoms with Gasteiger partial charge in [0.05, 0.1) is 23.8 Å². The highest BCUT2D eigenvalue weighted by Gasteiger charge is 2.42. The zero-order valence-corrected chi connectivity index (χ0v) is 15.3. The molecule has 0 saturated heterocycles. The average Bonchev–Trinajstić information content (AvgIpc) is 3.16. The summed E-state index contributed by atoms with van der Waals surface area (Å²) in [6.45, 7) is 2.03. The minimum absolute atomic E-state index is 0.0445.